The van der Waals surface area contributed by atoms with Crippen molar-refractivity contribution < 1.29 is 4.79 Å². The third-order valence-corrected chi connectivity index (χ3v) is 1.25. The molecule has 0 saturated heterocycles. The van der Waals surface area contributed by atoms with Crippen LogP contribution >= 0.6 is 0 Å². The van der Waals surface area contributed by atoms with Gasteiger partial charge in [0, 0.05) is 14.1 Å². The van der Waals surface area contributed by atoms with Gasteiger partial charge in [0.25, 0.3) is 0 Å². The van der Waals surface area contributed by atoms with E-state index in [1.54, 1.807) is 21.0 Å². The van der Waals surface area contributed by atoms with E-state index in [0.717, 1.165) is 0 Å². The maximum absolute atomic E-state index is 10.9. The maximum Gasteiger partial charge on any atom is 0.236 e. The fraction of sp³-hybridized carbons (Fsp3) is 0.714. The molecule has 0 rings (SSSR count). The molecule has 1 atom stereocenters. The molecule has 0 aliphatic heterocycles. The Bertz CT molecular complexity index is 171. The molecular formula is C7H13N3O. The lowest BCUT2D eigenvalue weighted by atomic mass is 10.4. The first kappa shape index (κ1) is 9.92. The molecule has 4 nitrogen and oxygen atoms in total. The number of hydrogen-bond donors (Lipinski definition) is 1. The number of carbonyl (C=O) groups excluding carboxylic acids is 1. The Kier molecular flexibility index (Phi) is 4.23. The van der Waals surface area contributed by atoms with E-state index < -0.39 is 0 Å². The van der Waals surface area contributed by atoms with Crippen molar-refractivity contribution in [3.63, 3.8) is 0 Å². The highest BCUT2D eigenvalue weighted by molar-refractivity contribution is 5.77. The largest absolute Gasteiger partial charge is 0.348 e. The van der Waals surface area contributed by atoms with Crippen LogP contribution in [0, 0.1) is 11.3 Å². The third-order valence-electron chi connectivity index (χ3n) is 1.25. The van der Waals surface area contributed by atoms with Gasteiger partial charge in [0.2, 0.25) is 5.91 Å². The van der Waals surface area contributed by atoms with Crippen molar-refractivity contribution in [3.05, 3.63) is 0 Å². The molecule has 0 aliphatic rings. The van der Waals surface area contributed by atoms with E-state index in [4.69, 9.17) is 5.26 Å². The summed E-state index contributed by atoms with van der Waals surface area (Å²) >= 11 is 0. The number of nitrogens with one attached hydrogen (secondary N) is 1. The van der Waals surface area contributed by atoms with Gasteiger partial charge in [-0.2, -0.15) is 5.26 Å². The smallest absolute Gasteiger partial charge is 0.236 e. The summed E-state index contributed by atoms with van der Waals surface area (Å²) in [5.74, 6) is -0.0212. The van der Waals surface area contributed by atoms with Gasteiger partial charge in [-0.3, -0.25) is 10.1 Å². The van der Waals surface area contributed by atoms with Gasteiger partial charge in [0.1, 0.15) is 0 Å². The summed E-state index contributed by atoms with van der Waals surface area (Å²) in [5, 5.41) is 11.1. The van der Waals surface area contributed by atoms with Crippen LogP contribution < -0.4 is 5.32 Å². The van der Waals surface area contributed by atoms with Crippen LogP contribution in [-0.2, 0) is 4.79 Å². The predicted molar refractivity (Wildman–Crippen MR) is 41.8 cm³/mol. The van der Waals surface area contributed by atoms with Gasteiger partial charge in [-0.25, -0.2) is 0 Å². The van der Waals surface area contributed by atoms with Crippen molar-refractivity contribution in [2.24, 2.45) is 0 Å². The summed E-state index contributed by atoms with van der Waals surface area (Å²) in [6.07, 6.45) is 0. The lowest BCUT2D eigenvalue weighted by molar-refractivity contribution is -0.127. The quantitative estimate of drug-likeness (QED) is 0.602. The van der Waals surface area contributed by atoms with Crippen LogP contribution in [0.3, 0.4) is 0 Å². The second-order valence-electron chi connectivity index (χ2n) is 2.52. The van der Waals surface area contributed by atoms with E-state index in [2.05, 4.69) is 5.32 Å². The summed E-state index contributed by atoms with van der Waals surface area (Å²) in [6, 6.07) is 1.71. The number of nitriles is 1. The number of carbonyl (C=O) groups is 1. The van der Waals surface area contributed by atoms with E-state index in [1.165, 1.54) is 4.90 Å². The van der Waals surface area contributed by atoms with E-state index in [-0.39, 0.29) is 18.5 Å². The number of rotatable bonds is 3. The fourth-order valence-electron chi connectivity index (χ4n) is 0.444. The van der Waals surface area contributed by atoms with Gasteiger partial charge in [-0.1, -0.05) is 0 Å². The molecule has 4 heteroatoms. The molecular weight excluding hydrogens is 142 g/mol. The summed E-state index contributed by atoms with van der Waals surface area (Å²) in [7, 11) is 3.36. The first-order valence-corrected chi connectivity index (χ1v) is 3.41. The first-order chi connectivity index (χ1) is 5.07. The first-order valence-electron chi connectivity index (χ1n) is 3.41. The minimum Gasteiger partial charge on any atom is -0.348 e. The van der Waals surface area contributed by atoms with Gasteiger partial charge < -0.3 is 4.90 Å². The highest BCUT2D eigenvalue weighted by Crippen LogP contribution is 1.79. The highest BCUT2D eigenvalue weighted by atomic mass is 16.2. The Hall–Kier alpha value is -1.08. The van der Waals surface area contributed by atoms with Crippen LogP contribution in [0.25, 0.3) is 0 Å². The lowest BCUT2D eigenvalue weighted by Gasteiger charge is -2.11. The van der Waals surface area contributed by atoms with Crippen LogP contribution in [0.1, 0.15) is 6.92 Å². The SMILES string of the molecule is CC(C#N)NCC(=O)N(C)C. The highest BCUT2D eigenvalue weighted by Gasteiger charge is 2.04. The Balaban J connectivity index is 3.56. The monoisotopic (exact) mass is 155 g/mol. The van der Waals surface area contributed by atoms with Gasteiger partial charge in [-0.05, 0) is 6.92 Å². The van der Waals surface area contributed by atoms with Crippen molar-refractivity contribution in [2.45, 2.75) is 13.0 Å². The molecule has 0 aliphatic carbocycles. The van der Waals surface area contributed by atoms with Crippen molar-refractivity contribution >= 4 is 5.91 Å². The Morgan fingerprint density at radius 2 is 2.27 bits per heavy atom. The lowest BCUT2D eigenvalue weighted by Crippen LogP contribution is -2.36. The zero-order valence-corrected chi connectivity index (χ0v) is 7.09. The standard InChI is InChI=1S/C7H13N3O/c1-6(4-8)9-5-7(11)10(2)3/h6,9H,5H2,1-3H3. The summed E-state index contributed by atoms with van der Waals surface area (Å²) in [5.41, 5.74) is 0. The summed E-state index contributed by atoms with van der Waals surface area (Å²) < 4.78 is 0. The molecule has 1 amide bonds. The van der Waals surface area contributed by atoms with Crippen molar-refractivity contribution in [1.29, 1.82) is 5.26 Å². The predicted octanol–water partition coefficient (Wildman–Crippen LogP) is -0.424. The summed E-state index contributed by atoms with van der Waals surface area (Å²) in [6.45, 7) is 1.94. The Morgan fingerprint density at radius 3 is 2.64 bits per heavy atom. The van der Waals surface area contributed by atoms with Crippen molar-refractivity contribution in [2.75, 3.05) is 20.6 Å². The van der Waals surface area contributed by atoms with Crippen LogP contribution in [0.15, 0.2) is 0 Å². The molecule has 62 valence electrons. The van der Waals surface area contributed by atoms with Crippen LogP contribution in [0.4, 0.5) is 0 Å². The third kappa shape index (κ3) is 4.34. The molecule has 11 heavy (non-hydrogen) atoms. The molecule has 0 saturated carbocycles. The van der Waals surface area contributed by atoms with E-state index in [1.807, 2.05) is 6.07 Å². The van der Waals surface area contributed by atoms with Crippen LogP contribution in [0.5, 0.6) is 0 Å². The van der Waals surface area contributed by atoms with Crippen molar-refractivity contribution in [3.8, 4) is 6.07 Å². The molecule has 1 N–H and O–H groups in total. The summed E-state index contributed by atoms with van der Waals surface area (Å²) in [4.78, 5) is 12.4. The minimum absolute atomic E-state index is 0.0212. The topological polar surface area (TPSA) is 56.1 Å². The van der Waals surface area contributed by atoms with Gasteiger partial charge in [0.05, 0.1) is 18.7 Å². The average molecular weight is 155 g/mol. The molecule has 1 unspecified atom stereocenters. The second kappa shape index (κ2) is 4.69. The zero-order chi connectivity index (χ0) is 8.85. The van der Waals surface area contributed by atoms with Gasteiger partial charge in [0.15, 0.2) is 0 Å². The van der Waals surface area contributed by atoms with E-state index in [9.17, 15) is 4.79 Å². The normalized spacial score (nSPS) is 11.8. The number of likely N-dealkylation sites (N-methyl/N-ethyl adjacent to an activating group) is 1. The molecule has 0 bridgehead atoms. The zero-order valence-electron chi connectivity index (χ0n) is 7.09. The second-order valence-corrected chi connectivity index (χ2v) is 2.52. The molecule has 0 aromatic carbocycles. The van der Waals surface area contributed by atoms with Crippen LogP contribution in [-0.4, -0.2) is 37.5 Å². The molecule has 0 radical (unpaired) electrons. The average Bonchev–Trinajstić information content (AvgIpc) is 1.99. The number of nitrogens with zero attached hydrogens (tertiary/aromatic N) is 2. The van der Waals surface area contributed by atoms with Crippen LogP contribution in [0.2, 0.25) is 0 Å². The Labute approximate surface area is 66.8 Å². The maximum atomic E-state index is 10.9. The van der Waals surface area contributed by atoms with E-state index in [0.29, 0.717) is 0 Å². The molecule has 0 heterocycles. The van der Waals surface area contributed by atoms with Gasteiger partial charge >= 0.3 is 0 Å². The number of hydrogen-bond acceptors (Lipinski definition) is 3. The molecule has 0 aromatic rings. The Morgan fingerprint density at radius 1 is 1.73 bits per heavy atom. The number of amides is 1. The molecule has 0 fully saturated rings. The minimum atomic E-state index is -0.265. The molecule has 0 spiro atoms. The molecule has 0 aromatic heterocycles. The van der Waals surface area contributed by atoms with Crippen molar-refractivity contribution in [1.82, 2.24) is 10.2 Å². The van der Waals surface area contributed by atoms with Gasteiger partial charge in [-0.15, -0.1) is 0 Å². The van der Waals surface area contributed by atoms with E-state index >= 15 is 0 Å². The fourth-order valence-corrected chi connectivity index (χ4v) is 0.444.